The van der Waals surface area contributed by atoms with Gasteiger partial charge in [0.2, 0.25) is 5.91 Å². The Kier molecular flexibility index (Phi) is 6.68. The molecule has 1 atom stereocenters. The molecule has 0 spiro atoms. The summed E-state index contributed by atoms with van der Waals surface area (Å²) >= 11 is 0. The van der Waals surface area contributed by atoms with E-state index in [0.29, 0.717) is 18.1 Å². The van der Waals surface area contributed by atoms with Gasteiger partial charge in [-0.1, -0.05) is 66.7 Å². The molecule has 4 heteroatoms. The van der Waals surface area contributed by atoms with E-state index in [1.165, 1.54) is 0 Å². The highest BCUT2D eigenvalue weighted by molar-refractivity contribution is 5.79. The second-order valence-corrected chi connectivity index (χ2v) is 6.64. The van der Waals surface area contributed by atoms with Gasteiger partial charge in [-0.15, -0.1) is 0 Å². The summed E-state index contributed by atoms with van der Waals surface area (Å²) in [6, 6.07) is 25.4. The summed E-state index contributed by atoms with van der Waals surface area (Å²) in [5.74, 6) is 1.25. The van der Waals surface area contributed by atoms with E-state index in [2.05, 4.69) is 5.32 Å². The van der Waals surface area contributed by atoms with E-state index in [-0.39, 0.29) is 18.4 Å². The normalized spacial score (nSPS) is 11.5. The van der Waals surface area contributed by atoms with Gasteiger partial charge in [-0.25, -0.2) is 0 Å². The molecule has 1 N–H and O–H groups in total. The van der Waals surface area contributed by atoms with Crippen LogP contribution >= 0.6 is 0 Å². The topological polar surface area (TPSA) is 47.6 Å². The van der Waals surface area contributed by atoms with Gasteiger partial charge in [0.1, 0.15) is 6.61 Å². The van der Waals surface area contributed by atoms with Crippen LogP contribution in [0.25, 0.3) is 0 Å². The maximum absolute atomic E-state index is 12.4. The first kappa shape index (κ1) is 19.5. The van der Waals surface area contributed by atoms with Crippen molar-refractivity contribution in [2.45, 2.75) is 26.0 Å². The van der Waals surface area contributed by atoms with E-state index in [1.54, 1.807) is 7.11 Å². The van der Waals surface area contributed by atoms with Crippen molar-refractivity contribution in [3.63, 3.8) is 0 Å². The third-order valence-corrected chi connectivity index (χ3v) is 4.51. The summed E-state index contributed by atoms with van der Waals surface area (Å²) in [7, 11) is 1.60. The summed E-state index contributed by atoms with van der Waals surface area (Å²) in [6.45, 7) is 2.44. The molecule has 0 aromatic heterocycles. The molecule has 3 rings (SSSR count). The number of rotatable bonds is 8. The smallest absolute Gasteiger partial charge is 0.224 e. The molecule has 0 aliphatic carbocycles. The van der Waals surface area contributed by atoms with Crippen molar-refractivity contribution >= 4 is 5.91 Å². The van der Waals surface area contributed by atoms with E-state index < -0.39 is 0 Å². The Hall–Kier alpha value is -3.27. The zero-order valence-corrected chi connectivity index (χ0v) is 16.2. The lowest BCUT2D eigenvalue weighted by Gasteiger charge is -2.15. The first-order valence-corrected chi connectivity index (χ1v) is 9.33. The maximum atomic E-state index is 12.4. The molecule has 0 radical (unpaired) electrons. The minimum atomic E-state index is -0.0379. The first-order chi connectivity index (χ1) is 13.7. The van der Waals surface area contributed by atoms with Crippen molar-refractivity contribution in [3.05, 3.63) is 95.6 Å². The molecule has 3 aromatic rings. The van der Waals surface area contributed by atoms with Gasteiger partial charge in [-0.05, 0) is 35.7 Å². The number of carbonyl (C=O) groups is 1. The Morgan fingerprint density at radius 3 is 2.25 bits per heavy atom. The van der Waals surface area contributed by atoms with Crippen LogP contribution < -0.4 is 14.8 Å². The number of hydrogen-bond acceptors (Lipinski definition) is 3. The average molecular weight is 375 g/mol. The van der Waals surface area contributed by atoms with Crippen molar-refractivity contribution in [3.8, 4) is 11.5 Å². The van der Waals surface area contributed by atoms with Crippen LogP contribution in [0.1, 0.15) is 29.7 Å². The van der Waals surface area contributed by atoms with Gasteiger partial charge in [-0.2, -0.15) is 0 Å². The summed E-state index contributed by atoms with van der Waals surface area (Å²) in [6.07, 6.45) is 0.284. The summed E-state index contributed by atoms with van der Waals surface area (Å²) in [5.41, 5.74) is 3.04. The molecule has 0 heterocycles. The number of benzene rings is 3. The van der Waals surface area contributed by atoms with Crippen molar-refractivity contribution < 1.29 is 14.3 Å². The highest BCUT2D eigenvalue weighted by Crippen LogP contribution is 2.29. The number of ether oxygens (including phenoxy) is 2. The molecule has 0 saturated carbocycles. The van der Waals surface area contributed by atoms with Crippen molar-refractivity contribution in [2.24, 2.45) is 0 Å². The Bertz CT molecular complexity index is 894. The second-order valence-electron chi connectivity index (χ2n) is 6.64. The Labute approximate surface area is 166 Å². The molecule has 0 aliphatic rings. The largest absolute Gasteiger partial charge is 0.493 e. The highest BCUT2D eigenvalue weighted by atomic mass is 16.5. The summed E-state index contributed by atoms with van der Waals surface area (Å²) in [4.78, 5) is 12.4. The van der Waals surface area contributed by atoms with Crippen LogP contribution in [0.2, 0.25) is 0 Å². The second kappa shape index (κ2) is 9.60. The lowest BCUT2D eigenvalue weighted by atomic mass is 10.1. The quantitative estimate of drug-likeness (QED) is 0.621. The molecule has 3 aromatic carbocycles. The number of methoxy groups -OCH3 is 1. The molecular formula is C24H25NO3. The number of amides is 1. The van der Waals surface area contributed by atoms with Gasteiger partial charge in [0.25, 0.3) is 0 Å². The fourth-order valence-corrected chi connectivity index (χ4v) is 2.98. The fourth-order valence-electron chi connectivity index (χ4n) is 2.98. The summed E-state index contributed by atoms with van der Waals surface area (Å²) in [5, 5.41) is 3.03. The predicted octanol–water partition coefficient (Wildman–Crippen LogP) is 4.69. The van der Waals surface area contributed by atoms with Gasteiger partial charge < -0.3 is 14.8 Å². The lowest BCUT2D eigenvalue weighted by molar-refractivity contribution is -0.121. The third-order valence-electron chi connectivity index (χ3n) is 4.51. The fraction of sp³-hybridized carbons (Fsp3) is 0.208. The van der Waals surface area contributed by atoms with Crippen LogP contribution in [0.3, 0.4) is 0 Å². The molecule has 144 valence electrons. The number of carbonyl (C=O) groups excluding carboxylic acids is 1. The van der Waals surface area contributed by atoms with Gasteiger partial charge in [0, 0.05) is 0 Å². The molecule has 0 fully saturated rings. The van der Waals surface area contributed by atoms with Crippen LogP contribution in [0.4, 0.5) is 0 Å². The molecule has 28 heavy (non-hydrogen) atoms. The zero-order valence-electron chi connectivity index (χ0n) is 16.2. The lowest BCUT2D eigenvalue weighted by Crippen LogP contribution is -2.28. The molecule has 0 aliphatic heterocycles. The zero-order chi connectivity index (χ0) is 19.8. The molecule has 0 saturated heterocycles. The summed E-state index contributed by atoms with van der Waals surface area (Å²) < 4.78 is 11.3. The van der Waals surface area contributed by atoms with Crippen molar-refractivity contribution in [2.75, 3.05) is 7.11 Å². The van der Waals surface area contributed by atoms with Crippen molar-refractivity contribution in [1.29, 1.82) is 0 Å². The number of nitrogens with one attached hydrogen (secondary N) is 1. The van der Waals surface area contributed by atoms with Crippen LogP contribution in [0.15, 0.2) is 78.9 Å². The van der Waals surface area contributed by atoms with Gasteiger partial charge in [0.15, 0.2) is 11.5 Å². The Morgan fingerprint density at radius 1 is 0.893 bits per heavy atom. The van der Waals surface area contributed by atoms with E-state index in [4.69, 9.17) is 9.47 Å². The van der Waals surface area contributed by atoms with Gasteiger partial charge in [0.05, 0.1) is 19.6 Å². The van der Waals surface area contributed by atoms with Crippen LogP contribution in [-0.2, 0) is 17.8 Å². The minimum absolute atomic E-state index is 0.0311. The maximum Gasteiger partial charge on any atom is 0.224 e. The molecular weight excluding hydrogens is 350 g/mol. The average Bonchev–Trinajstić information content (AvgIpc) is 2.74. The van der Waals surface area contributed by atoms with E-state index in [9.17, 15) is 4.79 Å². The third kappa shape index (κ3) is 5.36. The van der Waals surface area contributed by atoms with Crippen LogP contribution in [-0.4, -0.2) is 13.0 Å². The molecule has 0 unspecified atom stereocenters. The van der Waals surface area contributed by atoms with Crippen LogP contribution in [0.5, 0.6) is 11.5 Å². The first-order valence-electron chi connectivity index (χ1n) is 9.33. The van der Waals surface area contributed by atoms with Crippen LogP contribution in [0, 0.1) is 0 Å². The van der Waals surface area contributed by atoms with E-state index in [0.717, 1.165) is 16.7 Å². The van der Waals surface area contributed by atoms with E-state index in [1.807, 2.05) is 85.8 Å². The molecule has 1 amide bonds. The standard InChI is InChI=1S/C24H25NO3/c1-18(21-11-7-4-8-12-21)25-24(26)16-20-13-14-22(23(15-20)27-2)28-17-19-9-5-3-6-10-19/h3-15,18H,16-17H2,1-2H3,(H,25,26)/t18-/m0/s1. The van der Waals surface area contributed by atoms with E-state index >= 15 is 0 Å². The highest BCUT2D eigenvalue weighted by Gasteiger charge is 2.12. The number of hydrogen-bond donors (Lipinski definition) is 1. The Morgan fingerprint density at radius 2 is 1.57 bits per heavy atom. The minimum Gasteiger partial charge on any atom is -0.493 e. The molecule has 0 bridgehead atoms. The Balaban J connectivity index is 1.60. The van der Waals surface area contributed by atoms with Gasteiger partial charge >= 0.3 is 0 Å². The SMILES string of the molecule is COc1cc(CC(=O)N[C@@H](C)c2ccccc2)ccc1OCc1ccccc1. The monoisotopic (exact) mass is 375 g/mol. The predicted molar refractivity (Wildman–Crippen MR) is 110 cm³/mol. The molecule has 4 nitrogen and oxygen atoms in total. The van der Waals surface area contributed by atoms with Gasteiger partial charge in [-0.3, -0.25) is 4.79 Å². The van der Waals surface area contributed by atoms with Crippen molar-refractivity contribution in [1.82, 2.24) is 5.32 Å².